The Hall–Kier alpha value is -3.39. The molecule has 0 spiro atoms. The molecule has 1 atom stereocenters. The lowest BCUT2D eigenvalue weighted by atomic mass is 9.84. The molecule has 1 aromatic heterocycles. The Bertz CT molecular complexity index is 923. The zero-order valence-corrected chi connectivity index (χ0v) is 14.0. The van der Waals surface area contributed by atoms with Crippen molar-refractivity contribution in [1.29, 1.82) is 5.26 Å². The SMILES string of the molecule is CC1=CC(c2ccccc2C#N)C(C(=O)O)=C(C)N1c1cccnc1. The van der Waals surface area contributed by atoms with Crippen LogP contribution in [0, 0.1) is 11.3 Å². The van der Waals surface area contributed by atoms with Crippen molar-refractivity contribution in [2.75, 3.05) is 4.90 Å². The molecule has 0 amide bonds. The highest BCUT2D eigenvalue weighted by Crippen LogP contribution is 2.39. The average Bonchev–Trinajstić information content (AvgIpc) is 2.61. The summed E-state index contributed by atoms with van der Waals surface area (Å²) in [4.78, 5) is 18.0. The van der Waals surface area contributed by atoms with Gasteiger partial charge < -0.3 is 10.0 Å². The predicted octanol–water partition coefficient (Wildman–Crippen LogP) is 3.82. The fourth-order valence-corrected chi connectivity index (χ4v) is 3.30. The zero-order valence-electron chi connectivity index (χ0n) is 14.0. The molecule has 1 unspecified atom stereocenters. The number of pyridine rings is 1. The van der Waals surface area contributed by atoms with Crippen molar-refractivity contribution < 1.29 is 9.90 Å². The van der Waals surface area contributed by atoms with Gasteiger partial charge in [-0.1, -0.05) is 24.3 Å². The first kappa shape index (κ1) is 16.5. The summed E-state index contributed by atoms with van der Waals surface area (Å²) in [6, 6.07) is 13.0. The third-order valence-corrected chi connectivity index (χ3v) is 4.35. The van der Waals surface area contributed by atoms with Gasteiger partial charge in [0.1, 0.15) is 0 Å². The van der Waals surface area contributed by atoms with Crippen molar-refractivity contribution in [3.8, 4) is 6.07 Å². The minimum absolute atomic E-state index is 0.261. The molecular weight excluding hydrogens is 314 g/mol. The molecule has 2 aromatic rings. The molecular formula is C20H17N3O2. The number of aliphatic carboxylic acids is 1. The molecule has 0 saturated heterocycles. The number of allylic oxidation sites excluding steroid dienone is 3. The first-order valence-corrected chi connectivity index (χ1v) is 7.86. The van der Waals surface area contributed by atoms with Gasteiger partial charge in [-0.05, 0) is 37.6 Å². The standard InChI is InChI=1S/C20H17N3O2/c1-13-10-18(17-8-4-3-6-15(17)11-21)19(20(24)25)14(2)23(13)16-7-5-9-22-12-16/h3-10,12,18H,1-2H3,(H,24,25). The predicted molar refractivity (Wildman–Crippen MR) is 94.7 cm³/mol. The van der Waals surface area contributed by atoms with Gasteiger partial charge in [0.2, 0.25) is 0 Å². The maximum Gasteiger partial charge on any atom is 0.334 e. The van der Waals surface area contributed by atoms with Gasteiger partial charge in [0, 0.05) is 23.5 Å². The molecule has 1 aromatic carbocycles. The number of carboxylic acid groups (broad SMARTS) is 1. The van der Waals surface area contributed by atoms with Crippen LogP contribution in [0.2, 0.25) is 0 Å². The Kier molecular flexibility index (Phi) is 4.36. The molecule has 1 N–H and O–H groups in total. The van der Waals surface area contributed by atoms with Crippen LogP contribution in [0.1, 0.15) is 30.9 Å². The van der Waals surface area contributed by atoms with Gasteiger partial charge in [-0.15, -0.1) is 0 Å². The second-order valence-corrected chi connectivity index (χ2v) is 5.84. The normalized spacial score (nSPS) is 17.1. The number of hydrogen-bond donors (Lipinski definition) is 1. The summed E-state index contributed by atoms with van der Waals surface area (Å²) in [5.74, 6) is -1.46. The second kappa shape index (κ2) is 6.62. The van der Waals surface area contributed by atoms with E-state index in [1.165, 1.54) is 0 Å². The van der Waals surface area contributed by atoms with Crippen molar-refractivity contribution >= 4 is 11.7 Å². The van der Waals surface area contributed by atoms with Crippen molar-refractivity contribution in [3.63, 3.8) is 0 Å². The topological polar surface area (TPSA) is 77.2 Å². The van der Waals surface area contributed by atoms with Gasteiger partial charge in [-0.3, -0.25) is 4.98 Å². The second-order valence-electron chi connectivity index (χ2n) is 5.84. The molecule has 3 rings (SSSR count). The number of anilines is 1. The van der Waals surface area contributed by atoms with Crippen LogP contribution in [0.5, 0.6) is 0 Å². The average molecular weight is 331 g/mol. The van der Waals surface area contributed by atoms with E-state index in [-0.39, 0.29) is 5.57 Å². The quantitative estimate of drug-likeness (QED) is 0.925. The van der Waals surface area contributed by atoms with E-state index >= 15 is 0 Å². The molecule has 2 heterocycles. The first-order valence-electron chi connectivity index (χ1n) is 7.86. The zero-order chi connectivity index (χ0) is 18.0. The van der Waals surface area contributed by atoms with Crippen LogP contribution in [0.25, 0.3) is 0 Å². The summed E-state index contributed by atoms with van der Waals surface area (Å²) in [6.45, 7) is 3.71. The highest BCUT2D eigenvalue weighted by atomic mass is 16.4. The van der Waals surface area contributed by atoms with Crippen molar-refractivity contribution in [3.05, 3.63) is 83.0 Å². The molecule has 25 heavy (non-hydrogen) atoms. The fourth-order valence-electron chi connectivity index (χ4n) is 3.30. The van der Waals surface area contributed by atoms with E-state index in [0.29, 0.717) is 16.8 Å². The first-order chi connectivity index (χ1) is 12.0. The van der Waals surface area contributed by atoms with Gasteiger partial charge in [0.05, 0.1) is 29.1 Å². The lowest BCUT2D eigenvalue weighted by Gasteiger charge is -2.34. The van der Waals surface area contributed by atoms with E-state index in [1.54, 1.807) is 31.5 Å². The maximum absolute atomic E-state index is 12.0. The number of nitrogens with zero attached hydrogens (tertiary/aromatic N) is 3. The Balaban J connectivity index is 2.19. The molecule has 0 bridgehead atoms. The third-order valence-electron chi connectivity index (χ3n) is 4.35. The van der Waals surface area contributed by atoms with Crippen LogP contribution < -0.4 is 4.90 Å². The number of benzene rings is 1. The summed E-state index contributed by atoms with van der Waals surface area (Å²) in [7, 11) is 0. The van der Waals surface area contributed by atoms with Crippen LogP contribution in [-0.2, 0) is 4.79 Å². The van der Waals surface area contributed by atoms with E-state index in [0.717, 1.165) is 11.4 Å². The molecule has 5 heteroatoms. The highest BCUT2D eigenvalue weighted by Gasteiger charge is 2.32. The van der Waals surface area contributed by atoms with Crippen LogP contribution in [0.3, 0.4) is 0 Å². The fraction of sp³-hybridized carbons (Fsp3) is 0.150. The van der Waals surface area contributed by atoms with Gasteiger partial charge in [-0.25, -0.2) is 4.79 Å². The Labute approximate surface area is 146 Å². The Morgan fingerprint density at radius 1 is 1.24 bits per heavy atom. The van der Waals surface area contributed by atoms with Gasteiger partial charge in [-0.2, -0.15) is 5.26 Å². The van der Waals surface area contributed by atoms with Crippen LogP contribution in [0.4, 0.5) is 5.69 Å². The van der Waals surface area contributed by atoms with Gasteiger partial charge in [0.25, 0.3) is 0 Å². The van der Waals surface area contributed by atoms with Crippen molar-refractivity contribution in [1.82, 2.24) is 4.98 Å². The van der Waals surface area contributed by atoms with E-state index in [1.807, 2.05) is 42.2 Å². The number of carbonyl (C=O) groups is 1. The molecule has 1 aliphatic rings. The Morgan fingerprint density at radius 2 is 2.00 bits per heavy atom. The van der Waals surface area contributed by atoms with Crippen molar-refractivity contribution in [2.24, 2.45) is 0 Å². The molecule has 5 nitrogen and oxygen atoms in total. The lowest BCUT2D eigenvalue weighted by Crippen LogP contribution is -2.29. The molecule has 0 radical (unpaired) electrons. The monoisotopic (exact) mass is 331 g/mol. The number of hydrogen-bond acceptors (Lipinski definition) is 4. The van der Waals surface area contributed by atoms with Gasteiger partial charge >= 0.3 is 5.97 Å². The van der Waals surface area contributed by atoms with Gasteiger partial charge in [0.15, 0.2) is 0 Å². The maximum atomic E-state index is 12.0. The summed E-state index contributed by atoms with van der Waals surface area (Å²) in [5.41, 5.74) is 3.77. The number of carboxylic acids is 1. The number of nitriles is 1. The van der Waals surface area contributed by atoms with Crippen LogP contribution in [0.15, 0.2) is 71.8 Å². The molecule has 1 aliphatic heterocycles. The summed E-state index contributed by atoms with van der Waals surface area (Å²) >= 11 is 0. The molecule has 0 aliphatic carbocycles. The third kappa shape index (κ3) is 2.90. The van der Waals surface area contributed by atoms with E-state index in [9.17, 15) is 15.2 Å². The number of rotatable bonds is 3. The van der Waals surface area contributed by atoms with E-state index < -0.39 is 11.9 Å². The molecule has 124 valence electrons. The van der Waals surface area contributed by atoms with Crippen molar-refractivity contribution in [2.45, 2.75) is 19.8 Å². The highest BCUT2D eigenvalue weighted by molar-refractivity contribution is 5.92. The molecule has 0 saturated carbocycles. The Morgan fingerprint density at radius 3 is 2.64 bits per heavy atom. The lowest BCUT2D eigenvalue weighted by molar-refractivity contribution is -0.132. The summed E-state index contributed by atoms with van der Waals surface area (Å²) < 4.78 is 0. The summed E-state index contributed by atoms with van der Waals surface area (Å²) in [5, 5.41) is 19.2. The minimum Gasteiger partial charge on any atom is -0.478 e. The van der Waals surface area contributed by atoms with Crippen LogP contribution >= 0.6 is 0 Å². The molecule has 0 fully saturated rings. The number of aromatic nitrogens is 1. The van der Waals surface area contributed by atoms with Crippen LogP contribution in [-0.4, -0.2) is 16.1 Å². The largest absolute Gasteiger partial charge is 0.478 e. The van der Waals surface area contributed by atoms with E-state index in [2.05, 4.69) is 11.1 Å². The summed E-state index contributed by atoms with van der Waals surface area (Å²) in [6.07, 6.45) is 5.26. The smallest absolute Gasteiger partial charge is 0.334 e. The van der Waals surface area contributed by atoms with E-state index in [4.69, 9.17) is 0 Å². The minimum atomic E-state index is -0.993.